The number of alkyl halides is 2. The molecule has 3 fully saturated rings. The highest BCUT2D eigenvalue weighted by molar-refractivity contribution is 7.91. The summed E-state index contributed by atoms with van der Waals surface area (Å²) >= 11 is 6.57. The van der Waals surface area contributed by atoms with Gasteiger partial charge in [-0.3, -0.25) is 24.0 Å². The maximum atomic E-state index is 15.4. The first-order valence-corrected chi connectivity index (χ1v) is 22.1. The van der Waals surface area contributed by atoms with Crippen molar-refractivity contribution in [1.29, 1.82) is 0 Å². The standard InChI is InChI=1S/C41H54ClF2N5O9S/c1-22(2)57-32-19-29-28(13-10-14-30(29)42)35(45-32)58-26-18-31-34(50)46-41(37(52)47-59(55,56)27-15-16-27)20-25(41)12-9-8-11-23(3)17-24(4)33(36(51)48(31)21-26)49(38(53)54)39(5,6)40(7,43)44/h9-10,12-14,19,22-27,31,33H,8,11,15-18,20-21H2,1-7H3,(H,46,50)(H,47,52)(H,53,54)/t23-,24+,25+,26+,31-,33-,41+/m0/s1. The Kier molecular flexibility index (Phi) is 12.3. The number of pyridine rings is 1. The van der Waals surface area contributed by atoms with Crippen LogP contribution in [0.3, 0.4) is 0 Å². The summed E-state index contributed by atoms with van der Waals surface area (Å²) in [5, 5.41) is 14.2. The third-order valence-corrected chi connectivity index (χ3v) is 14.3. The first-order chi connectivity index (χ1) is 27.5. The zero-order valence-corrected chi connectivity index (χ0v) is 35.9. The molecule has 0 unspecified atom stereocenters. The van der Waals surface area contributed by atoms with E-state index in [1.54, 1.807) is 37.3 Å². The number of halogens is 3. The first kappa shape index (κ1) is 44.3. The van der Waals surface area contributed by atoms with E-state index >= 15 is 13.6 Å². The molecule has 6 rings (SSSR count). The Morgan fingerprint density at radius 2 is 1.81 bits per heavy atom. The average molecular weight is 866 g/mol. The molecule has 1 aromatic heterocycles. The third kappa shape index (κ3) is 9.10. The highest BCUT2D eigenvalue weighted by Crippen LogP contribution is 2.47. The zero-order chi connectivity index (χ0) is 43.4. The molecule has 0 spiro atoms. The van der Waals surface area contributed by atoms with Gasteiger partial charge in [-0.1, -0.05) is 43.7 Å². The number of sulfonamides is 1. The van der Waals surface area contributed by atoms with E-state index in [2.05, 4.69) is 15.0 Å². The van der Waals surface area contributed by atoms with Crippen molar-refractivity contribution in [2.75, 3.05) is 6.54 Å². The topological polar surface area (TPSA) is 185 Å². The van der Waals surface area contributed by atoms with E-state index in [0.717, 1.165) is 18.7 Å². The van der Waals surface area contributed by atoms with Gasteiger partial charge in [0.2, 0.25) is 33.6 Å². The van der Waals surface area contributed by atoms with Crippen molar-refractivity contribution >= 4 is 56.2 Å². The number of carbonyl (C=O) groups is 4. The number of rotatable bonds is 10. The van der Waals surface area contributed by atoms with Gasteiger partial charge in [0.25, 0.3) is 11.8 Å². The lowest BCUT2D eigenvalue weighted by atomic mass is 9.84. The van der Waals surface area contributed by atoms with Gasteiger partial charge in [-0.05, 0) is 90.2 Å². The number of aromatic nitrogens is 1. The minimum Gasteiger partial charge on any atom is -0.475 e. The van der Waals surface area contributed by atoms with E-state index < -0.39 is 86.1 Å². The van der Waals surface area contributed by atoms with Crippen molar-refractivity contribution in [1.82, 2.24) is 24.8 Å². The van der Waals surface area contributed by atoms with Gasteiger partial charge in [-0.25, -0.2) is 22.0 Å². The molecule has 324 valence electrons. The van der Waals surface area contributed by atoms with Gasteiger partial charge in [0.05, 0.1) is 17.9 Å². The molecule has 3 heterocycles. The van der Waals surface area contributed by atoms with Crippen LogP contribution in [-0.4, -0.2) is 105 Å². The molecule has 2 saturated carbocycles. The lowest BCUT2D eigenvalue weighted by Crippen LogP contribution is -2.66. The number of carbonyl (C=O) groups excluding carboxylic acids is 3. The number of carboxylic acid groups (broad SMARTS) is 1. The Morgan fingerprint density at radius 3 is 2.44 bits per heavy atom. The van der Waals surface area contributed by atoms with E-state index in [0.29, 0.717) is 53.3 Å². The molecule has 14 nitrogen and oxygen atoms in total. The molecule has 3 N–H and O–H groups in total. The van der Waals surface area contributed by atoms with Crippen LogP contribution in [0.5, 0.6) is 11.8 Å². The quantitative estimate of drug-likeness (QED) is 0.229. The molecule has 0 radical (unpaired) electrons. The molecule has 4 amide bonds. The van der Waals surface area contributed by atoms with Crippen LogP contribution in [0, 0.1) is 17.8 Å². The highest BCUT2D eigenvalue weighted by Gasteiger charge is 2.62. The second kappa shape index (κ2) is 16.3. The van der Waals surface area contributed by atoms with Crippen LogP contribution >= 0.6 is 11.6 Å². The van der Waals surface area contributed by atoms with Gasteiger partial charge in [0.1, 0.15) is 29.3 Å². The van der Waals surface area contributed by atoms with E-state index in [1.165, 1.54) is 0 Å². The van der Waals surface area contributed by atoms with Crippen molar-refractivity contribution < 1.29 is 51.0 Å². The average Bonchev–Trinajstić information content (AvgIpc) is 4.05. The number of hydrogen-bond donors (Lipinski definition) is 3. The number of hydrogen-bond acceptors (Lipinski definition) is 9. The zero-order valence-electron chi connectivity index (χ0n) is 34.3. The molecule has 4 aliphatic rings. The van der Waals surface area contributed by atoms with E-state index in [9.17, 15) is 27.9 Å². The molecular weight excluding hydrogens is 812 g/mol. The normalized spacial score (nSPS) is 28.2. The fourth-order valence-electron chi connectivity index (χ4n) is 8.30. The first-order valence-electron chi connectivity index (χ1n) is 20.1. The SMILES string of the molecule is CC(C)Oc1cc2c(Cl)cccc2c(O[C@@H]2C[C@H]3C(=O)N[C@]4(C(=O)NS(=O)(=O)C5CC5)C[C@H]4C=CCC[C@H](C)C[C@@H](C)[C@H](N(C(=O)O)C(C)(C)C(C)(F)F)C(=O)N3C2)n1. The minimum absolute atomic E-state index is 0.0763. The third-order valence-electron chi connectivity index (χ3n) is 12.1. The second-order valence-corrected chi connectivity index (χ2v) is 19.9. The predicted molar refractivity (Wildman–Crippen MR) is 216 cm³/mol. The summed E-state index contributed by atoms with van der Waals surface area (Å²) in [7, 11) is -4.01. The van der Waals surface area contributed by atoms with Gasteiger partial charge in [0, 0.05) is 41.1 Å². The molecule has 2 aromatic rings. The van der Waals surface area contributed by atoms with Crippen LogP contribution in [0.2, 0.25) is 5.02 Å². The molecule has 7 atom stereocenters. The molecular formula is C41H54ClF2N5O9S. The van der Waals surface area contributed by atoms with Crippen LogP contribution in [-0.2, 0) is 24.4 Å². The molecule has 2 aliphatic carbocycles. The van der Waals surface area contributed by atoms with Gasteiger partial charge in [-0.2, -0.15) is 4.98 Å². The number of nitrogens with one attached hydrogen (secondary N) is 2. The van der Waals surface area contributed by atoms with Crippen molar-refractivity contribution in [3.63, 3.8) is 0 Å². The summed E-state index contributed by atoms with van der Waals surface area (Å²) in [6, 6.07) is 3.68. The number of ether oxygens (including phenoxy) is 2. The van der Waals surface area contributed by atoms with Crippen LogP contribution in [0.25, 0.3) is 10.8 Å². The van der Waals surface area contributed by atoms with Crippen LogP contribution in [0.4, 0.5) is 13.6 Å². The fourth-order valence-corrected chi connectivity index (χ4v) is 9.89. The van der Waals surface area contributed by atoms with Gasteiger partial charge >= 0.3 is 6.09 Å². The van der Waals surface area contributed by atoms with Crippen LogP contribution < -0.4 is 19.5 Å². The molecule has 18 heteroatoms. The summed E-state index contributed by atoms with van der Waals surface area (Å²) in [6.07, 6.45) is 2.71. The maximum absolute atomic E-state index is 15.4. The van der Waals surface area contributed by atoms with Gasteiger partial charge < -0.3 is 24.8 Å². The van der Waals surface area contributed by atoms with Gasteiger partial charge in [-0.15, -0.1) is 0 Å². The molecule has 2 aliphatic heterocycles. The van der Waals surface area contributed by atoms with E-state index in [4.69, 9.17) is 21.1 Å². The summed E-state index contributed by atoms with van der Waals surface area (Å²) < 4.78 is 71.2. The Morgan fingerprint density at radius 1 is 1.12 bits per heavy atom. The number of benzene rings is 1. The van der Waals surface area contributed by atoms with Crippen molar-refractivity contribution in [2.45, 2.75) is 140 Å². The summed E-state index contributed by atoms with van der Waals surface area (Å²) in [5.41, 5.74) is -4.05. The number of amides is 4. The number of allylic oxidation sites excluding steroid dienone is 1. The monoisotopic (exact) mass is 865 g/mol. The Balaban J connectivity index is 1.44. The smallest absolute Gasteiger partial charge is 0.408 e. The Bertz CT molecular complexity index is 2130. The van der Waals surface area contributed by atoms with Gasteiger partial charge in [0.15, 0.2) is 0 Å². The lowest BCUT2D eigenvalue weighted by Gasteiger charge is -2.47. The summed E-state index contributed by atoms with van der Waals surface area (Å²) in [4.78, 5) is 63.0. The minimum atomic E-state index is -4.01. The molecule has 1 saturated heterocycles. The summed E-state index contributed by atoms with van der Waals surface area (Å²) in [5.74, 6) is -7.44. The maximum Gasteiger partial charge on any atom is 0.408 e. The van der Waals surface area contributed by atoms with Crippen molar-refractivity contribution in [3.05, 3.63) is 41.4 Å². The lowest BCUT2D eigenvalue weighted by molar-refractivity contribution is -0.156. The fraction of sp³-hybridized carbons (Fsp3) is 0.634. The Labute approximate surface area is 348 Å². The van der Waals surface area contributed by atoms with Crippen molar-refractivity contribution in [3.8, 4) is 11.8 Å². The predicted octanol–water partition coefficient (Wildman–Crippen LogP) is 6.30. The van der Waals surface area contributed by atoms with Crippen molar-refractivity contribution in [2.24, 2.45) is 17.8 Å². The Hall–Kier alpha value is -4.25. The number of fused-ring (bicyclic) bond motifs is 3. The van der Waals surface area contributed by atoms with Crippen LogP contribution in [0.15, 0.2) is 36.4 Å². The van der Waals surface area contributed by atoms with Crippen LogP contribution in [0.1, 0.15) is 93.4 Å². The molecule has 59 heavy (non-hydrogen) atoms. The van der Waals surface area contributed by atoms with E-state index in [-0.39, 0.29) is 49.6 Å². The number of nitrogens with zero attached hydrogens (tertiary/aromatic N) is 3. The largest absolute Gasteiger partial charge is 0.475 e. The second-order valence-electron chi connectivity index (χ2n) is 17.6. The summed E-state index contributed by atoms with van der Waals surface area (Å²) in [6.45, 7) is 9.60. The molecule has 1 aromatic carbocycles. The highest BCUT2D eigenvalue weighted by atomic mass is 35.5. The van der Waals surface area contributed by atoms with E-state index in [1.807, 2.05) is 26.8 Å². The molecule has 0 bridgehead atoms.